The summed E-state index contributed by atoms with van der Waals surface area (Å²) in [5.74, 6) is 8.74. The highest BCUT2D eigenvalue weighted by molar-refractivity contribution is 6.31. The highest BCUT2D eigenvalue weighted by atomic mass is 35.5. The van der Waals surface area contributed by atoms with E-state index in [1.54, 1.807) is 24.3 Å². The number of amides is 1. The average molecular weight is 788 g/mol. The van der Waals surface area contributed by atoms with Crippen molar-refractivity contribution in [1.82, 2.24) is 4.90 Å². The van der Waals surface area contributed by atoms with Gasteiger partial charge in [-0.1, -0.05) is 123 Å². The number of ether oxygens (including phenoxy) is 2. The third-order valence-corrected chi connectivity index (χ3v) is 8.33. The van der Waals surface area contributed by atoms with Crippen LogP contribution in [0.3, 0.4) is 0 Å². The second-order valence-corrected chi connectivity index (χ2v) is 12.9. The van der Waals surface area contributed by atoms with Crippen molar-refractivity contribution < 1.29 is 14.3 Å². The number of hydrogen-bond acceptors (Lipinski definition) is 6. The topological polar surface area (TPSA) is 94.0 Å². The molecule has 0 saturated heterocycles. The fourth-order valence-electron chi connectivity index (χ4n) is 4.89. The molecule has 3 atom stereocenters. The van der Waals surface area contributed by atoms with Crippen molar-refractivity contribution in [3.63, 3.8) is 0 Å². The molecular weight excluding hydrogens is 715 g/mol. The van der Waals surface area contributed by atoms with Gasteiger partial charge >= 0.3 is 0 Å². The molecule has 2 aromatic carbocycles. The summed E-state index contributed by atoms with van der Waals surface area (Å²) in [6.45, 7) is 24.6. The highest BCUT2D eigenvalue weighted by Crippen LogP contribution is 2.37. The van der Waals surface area contributed by atoms with Gasteiger partial charge in [0.05, 0.1) is 25.4 Å². The summed E-state index contributed by atoms with van der Waals surface area (Å²) >= 11 is 12.0. The maximum Gasteiger partial charge on any atom is 0.210 e. The van der Waals surface area contributed by atoms with Gasteiger partial charge in [-0.3, -0.25) is 4.79 Å². The van der Waals surface area contributed by atoms with E-state index in [4.69, 9.17) is 44.3 Å². The van der Waals surface area contributed by atoms with Crippen molar-refractivity contribution in [2.45, 2.75) is 100 Å². The Bertz CT molecular complexity index is 1370. The van der Waals surface area contributed by atoms with Crippen LogP contribution in [0.4, 0.5) is 5.69 Å². The minimum atomic E-state index is -0.153. The quantitative estimate of drug-likeness (QED) is 0.0466. The third kappa shape index (κ3) is 23.2. The smallest absolute Gasteiger partial charge is 0.210 e. The molecule has 1 amide bonds. The summed E-state index contributed by atoms with van der Waals surface area (Å²) in [4.78, 5) is 13.6. The largest absolute Gasteiger partial charge is 0.497 e. The molecule has 54 heavy (non-hydrogen) atoms. The van der Waals surface area contributed by atoms with Crippen LogP contribution in [0.15, 0.2) is 84.1 Å². The summed E-state index contributed by atoms with van der Waals surface area (Å²) in [7, 11) is 3.39. The lowest BCUT2D eigenvalue weighted by Crippen LogP contribution is -2.31. The van der Waals surface area contributed by atoms with Gasteiger partial charge in [0, 0.05) is 29.2 Å². The number of allylic oxidation sites excluding steroid dienone is 4. The van der Waals surface area contributed by atoms with Crippen LogP contribution in [0.1, 0.15) is 112 Å². The van der Waals surface area contributed by atoms with Gasteiger partial charge in [-0.05, 0) is 97.7 Å². The molecule has 304 valence electrons. The number of nitrogens with two attached hydrogens (primary N) is 2. The van der Waals surface area contributed by atoms with Crippen molar-refractivity contribution in [3.05, 3.63) is 100 Å². The van der Waals surface area contributed by atoms with E-state index in [-0.39, 0.29) is 6.04 Å². The minimum absolute atomic E-state index is 0.153. The second-order valence-electron chi connectivity index (χ2n) is 12.0. The first-order chi connectivity index (χ1) is 25.9. The summed E-state index contributed by atoms with van der Waals surface area (Å²) in [5.41, 5.74) is 9.11. The van der Waals surface area contributed by atoms with Gasteiger partial charge in [-0.15, -0.1) is 12.8 Å². The van der Waals surface area contributed by atoms with Crippen LogP contribution in [-0.2, 0) is 9.53 Å². The summed E-state index contributed by atoms with van der Waals surface area (Å²) < 4.78 is 10.8. The Kier molecular flexibility index (Phi) is 35.5. The lowest BCUT2D eigenvalue weighted by atomic mass is 9.91. The maximum atomic E-state index is 11.8. The zero-order valence-electron chi connectivity index (χ0n) is 35.2. The molecule has 3 rings (SSSR count). The van der Waals surface area contributed by atoms with Crippen LogP contribution >= 0.6 is 23.2 Å². The van der Waals surface area contributed by atoms with Crippen LogP contribution in [0.2, 0.25) is 5.02 Å². The molecule has 2 aromatic rings. The zero-order valence-corrected chi connectivity index (χ0v) is 36.7. The number of hydrazine groups is 1. The summed E-state index contributed by atoms with van der Waals surface area (Å²) in [6.07, 6.45) is 21.6. The molecule has 0 bridgehead atoms. The first-order valence-corrected chi connectivity index (χ1v) is 19.9. The number of halogens is 2. The van der Waals surface area contributed by atoms with Crippen LogP contribution in [0.25, 0.3) is 5.57 Å². The highest BCUT2D eigenvalue weighted by Gasteiger charge is 2.24. The predicted octanol–water partition coefficient (Wildman–Crippen LogP) is 12.0. The molecule has 1 aliphatic rings. The van der Waals surface area contributed by atoms with E-state index in [9.17, 15) is 4.79 Å². The molecular formula is C45H72Cl2N4O3. The van der Waals surface area contributed by atoms with Crippen LogP contribution in [0, 0.1) is 24.7 Å². The number of methoxy groups -OCH3 is 1. The van der Waals surface area contributed by atoms with Crippen LogP contribution in [-0.4, -0.2) is 45.2 Å². The second kappa shape index (κ2) is 35.1. The summed E-state index contributed by atoms with van der Waals surface area (Å²) in [5, 5.41) is 2.97. The third-order valence-electron chi connectivity index (χ3n) is 7.81. The molecule has 0 aliphatic carbocycles. The molecule has 0 spiro atoms. The predicted molar refractivity (Wildman–Crippen MR) is 239 cm³/mol. The summed E-state index contributed by atoms with van der Waals surface area (Å²) in [6, 6.07) is 13.6. The van der Waals surface area contributed by atoms with E-state index in [2.05, 4.69) is 53.2 Å². The minimum Gasteiger partial charge on any atom is -0.497 e. The van der Waals surface area contributed by atoms with E-state index in [0.717, 1.165) is 60.4 Å². The van der Waals surface area contributed by atoms with Gasteiger partial charge < -0.3 is 25.1 Å². The maximum absolute atomic E-state index is 11.8. The Hall–Kier alpha value is -3.67. The first-order valence-electron chi connectivity index (χ1n) is 19.2. The number of carbonyl (C=O) groups is 1. The number of nitrogens with zero attached hydrogens (tertiary/aromatic N) is 2. The molecule has 3 unspecified atom stereocenters. The van der Waals surface area contributed by atoms with Crippen molar-refractivity contribution in [1.29, 1.82) is 0 Å². The zero-order chi connectivity index (χ0) is 42.1. The number of anilines is 1. The fourth-order valence-corrected chi connectivity index (χ4v) is 5.28. The fraction of sp³-hybridized carbons (Fsp3) is 0.489. The van der Waals surface area contributed by atoms with Gasteiger partial charge in [-0.2, -0.15) is 0 Å². The Labute approximate surface area is 340 Å². The van der Waals surface area contributed by atoms with Crippen molar-refractivity contribution >= 4 is 40.9 Å². The van der Waals surface area contributed by atoms with Crippen LogP contribution < -0.4 is 21.3 Å². The Balaban J connectivity index is -0.00000103. The Morgan fingerprint density at radius 3 is 2.13 bits per heavy atom. The van der Waals surface area contributed by atoms with Gasteiger partial charge in [0.2, 0.25) is 6.41 Å². The van der Waals surface area contributed by atoms with Gasteiger partial charge in [0.1, 0.15) is 11.5 Å². The molecule has 0 aromatic heterocycles. The SMILES string of the molecule is C#C.C=C(/C=C\C(Cl)=C/CC)OC.CC.CC.CCC(C)CC(C)COc1ccc(C2C=C(c3cc(Cl)ccc3N(C)N)CCN2C=O)cc1.CCCN. The van der Waals surface area contributed by atoms with Crippen LogP contribution in [0.5, 0.6) is 5.75 Å². The van der Waals surface area contributed by atoms with Gasteiger partial charge in [0.15, 0.2) is 0 Å². The van der Waals surface area contributed by atoms with Crippen molar-refractivity contribution in [2.24, 2.45) is 23.4 Å². The molecule has 0 radical (unpaired) electrons. The standard InChI is InChI=1S/C27H36ClN3O2.C9H13ClO.C3H9N.2C2H6.C2H2/c1-5-19(2)14-20(3)17-33-24-9-6-21(7-10-24)27-15-22(12-13-31(27)18-32)25-16-23(28)8-11-26(25)30(4)29;1-4-5-9(10)7-6-8(2)11-3;1-2-3-4;3*1-2/h6-11,15-16,18-20,27H,5,12-14,17,29H2,1-4H3;5-7H,2,4H2,1,3H3;2-4H2,1H3;2*1-2H3;1-2H/b;7-6-,9-5+;;;;. The number of rotatable bonds is 15. The van der Waals surface area contributed by atoms with E-state index in [1.807, 2.05) is 95.1 Å². The van der Waals surface area contributed by atoms with E-state index < -0.39 is 0 Å². The first kappa shape index (κ1) is 54.7. The molecule has 7 nitrogen and oxygen atoms in total. The molecule has 0 saturated carbocycles. The van der Waals surface area contributed by atoms with Gasteiger partial charge in [-0.25, -0.2) is 5.84 Å². The molecule has 4 N–H and O–H groups in total. The number of benzene rings is 2. The monoisotopic (exact) mass is 786 g/mol. The molecule has 1 aliphatic heterocycles. The lowest BCUT2D eigenvalue weighted by Gasteiger charge is -2.33. The van der Waals surface area contributed by atoms with E-state index in [0.29, 0.717) is 40.8 Å². The number of hydrogen-bond donors (Lipinski definition) is 2. The molecule has 9 heteroatoms. The van der Waals surface area contributed by atoms with Crippen molar-refractivity contribution in [3.8, 4) is 18.6 Å². The van der Waals surface area contributed by atoms with E-state index in [1.165, 1.54) is 12.8 Å². The normalized spacial score (nSPS) is 14.2. The van der Waals surface area contributed by atoms with E-state index >= 15 is 0 Å². The Morgan fingerprint density at radius 1 is 1.06 bits per heavy atom. The lowest BCUT2D eigenvalue weighted by molar-refractivity contribution is -0.119. The molecule has 1 heterocycles. The number of terminal acetylenes is 1. The van der Waals surface area contributed by atoms with Gasteiger partial charge in [0.25, 0.3) is 0 Å². The number of carbonyl (C=O) groups excluding carboxylic acids is 1. The average Bonchev–Trinajstić information content (AvgIpc) is 3.21. The van der Waals surface area contributed by atoms with Crippen molar-refractivity contribution in [2.75, 3.05) is 38.9 Å². The molecule has 0 fully saturated rings. The Morgan fingerprint density at radius 2 is 1.65 bits per heavy atom.